The molecule has 1 heterocycles. The summed E-state index contributed by atoms with van der Waals surface area (Å²) < 4.78 is 25.4. The van der Waals surface area contributed by atoms with Crippen molar-refractivity contribution in [3.05, 3.63) is 125 Å². The number of ether oxygens (including phenoxy) is 2. The van der Waals surface area contributed by atoms with Gasteiger partial charge in [0, 0.05) is 36.6 Å². The molecule has 4 aromatic rings. The summed E-state index contributed by atoms with van der Waals surface area (Å²) in [4.78, 5) is 19.3. The van der Waals surface area contributed by atoms with E-state index in [0.29, 0.717) is 35.7 Å². The highest BCUT2D eigenvalue weighted by molar-refractivity contribution is 5.94. The van der Waals surface area contributed by atoms with E-state index < -0.39 is 0 Å². The van der Waals surface area contributed by atoms with Gasteiger partial charge in [-0.3, -0.25) is 9.78 Å². The highest BCUT2D eigenvalue weighted by Crippen LogP contribution is 2.30. The molecule has 0 unspecified atom stereocenters. The number of nitrogens with zero attached hydrogens (tertiary/aromatic N) is 2. The number of rotatable bonds is 9. The van der Waals surface area contributed by atoms with Crippen molar-refractivity contribution in [2.45, 2.75) is 26.6 Å². The smallest absolute Gasteiger partial charge is 0.254 e. The van der Waals surface area contributed by atoms with Gasteiger partial charge in [0.25, 0.3) is 5.91 Å². The highest BCUT2D eigenvalue weighted by atomic mass is 19.1. The SMILES string of the molecule is COc1ccc(CN(Cc2ccncc2)C(=O)c2ccc(C)cc2)cc1OCc1ccccc1F. The summed E-state index contributed by atoms with van der Waals surface area (Å²) in [7, 11) is 1.56. The van der Waals surface area contributed by atoms with Gasteiger partial charge in [-0.15, -0.1) is 0 Å². The zero-order chi connectivity index (χ0) is 24.6. The first-order valence-corrected chi connectivity index (χ1v) is 11.3. The lowest BCUT2D eigenvalue weighted by Gasteiger charge is -2.24. The number of halogens is 1. The molecule has 0 aliphatic heterocycles. The van der Waals surface area contributed by atoms with Crippen LogP contribution in [0.1, 0.15) is 32.6 Å². The molecule has 0 bridgehead atoms. The Kier molecular flexibility index (Phi) is 7.73. The van der Waals surface area contributed by atoms with E-state index >= 15 is 0 Å². The number of hydrogen-bond acceptors (Lipinski definition) is 4. The molecule has 0 radical (unpaired) electrons. The first kappa shape index (κ1) is 24.0. The Hall–Kier alpha value is -4.19. The van der Waals surface area contributed by atoms with Gasteiger partial charge in [-0.1, -0.05) is 42.0 Å². The molecule has 0 saturated heterocycles. The van der Waals surface area contributed by atoms with Crippen LogP contribution in [0.4, 0.5) is 4.39 Å². The van der Waals surface area contributed by atoms with Crippen molar-refractivity contribution < 1.29 is 18.7 Å². The lowest BCUT2D eigenvalue weighted by atomic mass is 10.1. The van der Waals surface area contributed by atoms with Crippen molar-refractivity contribution in [3.8, 4) is 11.5 Å². The molecule has 178 valence electrons. The second-order valence-corrected chi connectivity index (χ2v) is 8.25. The standard InChI is InChI=1S/C29H27FN2O3/c1-21-7-10-24(11-8-21)29(33)32(18-22-13-15-31-16-14-22)19-23-9-12-27(34-2)28(17-23)35-20-25-5-3-4-6-26(25)30/h3-17H,18-20H2,1-2H3. The van der Waals surface area contributed by atoms with Crippen LogP contribution in [0.25, 0.3) is 0 Å². The Morgan fingerprint density at radius 1 is 0.886 bits per heavy atom. The summed E-state index contributed by atoms with van der Waals surface area (Å²) in [6.45, 7) is 2.83. The summed E-state index contributed by atoms with van der Waals surface area (Å²) in [5.74, 6) is 0.622. The molecule has 0 N–H and O–H groups in total. The highest BCUT2D eigenvalue weighted by Gasteiger charge is 2.18. The number of aromatic nitrogens is 1. The van der Waals surface area contributed by atoms with Crippen molar-refractivity contribution in [1.29, 1.82) is 0 Å². The van der Waals surface area contributed by atoms with Gasteiger partial charge in [0.15, 0.2) is 11.5 Å². The predicted molar refractivity (Wildman–Crippen MR) is 133 cm³/mol. The normalized spacial score (nSPS) is 10.6. The van der Waals surface area contributed by atoms with E-state index in [2.05, 4.69) is 4.98 Å². The second kappa shape index (κ2) is 11.3. The van der Waals surface area contributed by atoms with E-state index in [1.807, 2.05) is 55.5 Å². The van der Waals surface area contributed by atoms with Crippen LogP contribution >= 0.6 is 0 Å². The van der Waals surface area contributed by atoms with Gasteiger partial charge >= 0.3 is 0 Å². The molecule has 0 fully saturated rings. The molecule has 1 aromatic heterocycles. The number of carbonyl (C=O) groups excluding carboxylic acids is 1. The van der Waals surface area contributed by atoms with Gasteiger partial charge in [-0.2, -0.15) is 0 Å². The molecule has 0 atom stereocenters. The fourth-order valence-corrected chi connectivity index (χ4v) is 3.71. The van der Waals surface area contributed by atoms with Crippen molar-refractivity contribution >= 4 is 5.91 Å². The average Bonchev–Trinajstić information content (AvgIpc) is 2.88. The first-order valence-electron chi connectivity index (χ1n) is 11.3. The monoisotopic (exact) mass is 470 g/mol. The molecule has 35 heavy (non-hydrogen) atoms. The number of pyridine rings is 1. The van der Waals surface area contributed by atoms with E-state index in [0.717, 1.165) is 16.7 Å². The summed E-state index contributed by atoms with van der Waals surface area (Å²) in [6.07, 6.45) is 3.43. The molecule has 1 amide bonds. The number of methoxy groups -OCH3 is 1. The molecular weight excluding hydrogens is 443 g/mol. The minimum atomic E-state index is -0.324. The van der Waals surface area contributed by atoms with E-state index in [-0.39, 0.29) is 18.3 Å². The van der Waals surface area contributed by atoms with E-state index in [9.17, 15) is 9.18 Å². The van der Waals surface area contributed by atoms with Gasteiger partial charge in [0.1, 0.15) is 12.4 Å². The lowest BCUT2D eigenvalue weighted by Crippen LogP contribution is -2.30. The number of amides is 1. The number of aryl methyl sites for hydroxylation is 1. The van der Waals surface area contributed by atoms with Crippen LogP contribution in [0.15, 0.2) is 91.3 Å². The maximum absolute atomic E-state index is 14.0. The minimum Gasteiger partial charge on any atom is -0.493 e. The summed E-state index contributed by atoms with van der Waals surface area (Å²) in [5.41, 5.74) is 4.01. The van der Waals surface area contributed by atoms with Crippen molar-refractivity contribution in [2.24, 2.45) is 0 Å². The molecule has 4 rings (SSSR count). The summed E-state index contributed by atoms with van der Waals surface area (Å²) in [5, 5.41) is 0. The van der Waals surface area contributed by atoms with E-state index in [1.165, 1.54) is 6.07 Å². The Morgan fingerprint density at radius 2 is 1.60 bits per heavy atom. The number of benzene rings is 3. The lowest BCUT2D eigenvalue weighted by molar-refractivity contribution is 0.0729. The van der Waals surface area contributed by atoms with Crippen LogP contribution in [0.2, 0.25) is 0 Å². The van der Waals surface area contributed by atoms with E-state index in [1.54, 1.807) is 48.7 Å². The van der Waals surface area contributed by atoms with Crippen molar-refractivity contribution in [2.75, 3.05) is 7.11 Å². The van der Waals surface area contributed by atoms with Gasteiger partial charge < -0.3 is 14.4 Å². The zero-order valence-electron chi connectivity index (χ0n) is 19.8. The fraction of sp³-hybridized carbons (Fsp3) is 0.172. The van der Waals surface area contributed by atoms with E-state index in [4.69, 9.17) is 9.47 Å². The first-order chi connectivity index (χ1) is 17.0. The predicted octanol–water partition coefficient (Wildman–Crippen LogP) is 5.96. The molecule has 0 spiro atoms. The Bertz CT molecular complexity index is 1280. The Labute approximate surface area is 204 Å². The maximum atomic E-state index is 14.0. The van der Waals surface area contributed by atoms with Gasteiger partial charge in [0.2, 0.25) is 0 Å². The number of hydrogen-bond donors (Lipinski definition) is 0. The third-order valence-corrected chi connectivity index (χ3v) is 5.65. The van der Waals surface area contributed by atoms with Crippen LogP contribution in [0, 0.1) is 12.7 Å². The van der Waals surface area contributed by atoms with Gasteiger partial charge in [-0.05, 0) is 60.5 Å². The summed E-state index contributed by atoms with van der Waals surface area (Å²) in [6, 6.07) is 23.4. The van der Waals surface area contributed by atoms with Crippen LogP contribution in [-0.2, 0) is 19.7 Å². The average molecular weight is 471 g/mol. The molecular formula is C29H27FN2O3. The third-order valence-electron chi connectivity index (χ3n) is 5.65. The Balaban J connectivity index is 1.58. The zero-order valence-corrected chi connectivity index (χ0v) is 19.8. The molecule has 0 aliphatic carbocycles. The molecule has 0 saturated carbocycles. The quantitative estimate of drug-likeness (QED) is 0.303. The fourth-order valence-electron chi connectivity index (χ4n) is 3.71. The van der Waals surface area contributed by atoms with Crippen LogP contribution in [-0.4, -0.2) is 22.9 Å². The van der Waals surface area contributed by atoms with Crippen molar-refractivity contribution in [3.63, 3.8) is 0 Å². The van der Waals surface area contributed by atoms with Crippen LogP contribution in [0.3, 0.4) is 0 Å². The largest absolute Gasteiger partial charge is 0.493 e. The second-order valence-electron chi connectivity index (χ2n) is 8.25. The topological polar surface area (TPSA) is 51.7 Å². The summed E-state index contributed by atoms with van der Waals surface area (Å²) >= 11 is 0. The number of carbonyl (C=O) groups is 1. The van der Waals surface area contributed by atoms with Crippen LogP contribution in [0.5, 0.6) is 11.5 Å². The van der Waals surface area contributed by atoms with Crippen molar-refractivity contribution in [1.82, 2.24) is 9.88 Å². The molecule has 3 aromatic carbocycles. The van der Waals surface area contributed by atoms with Crippen LogP contribution < -0.4 is 9.47 Å². The maximum Gasteiger partial charge on any atom is 0.254 e. The minimum absolute atomic E-state index is 0.0650. The molecule has 5 nitrogen and oxygen atoms in total. The Morgan fingerprint density at radius 3 is 2.31 bits per heavy atom. The van der Waals surface area contributed by atoms with Gasteiger partial charge in [0.05, 0.1) is 7.11 Å². The van der Waals surface area contributed by atoms with Gasteiger partial charge in [-0.25, -0.2) is 4.39 Å². The molecule has 0 aliphatic rings. The molecule has 6 heteroatoms. The third kappa shape index (κ3) is 6.23.